The number of piperidine rings is 1. The predicted octanol–water partition coefficient (Wildman–Crippen LogP) is 1.08. The maximum absolute atomic E-state index is 12.8. The summed E-state index contributed by atoms with van der Waals surface area (Å²) in [6.07, 6.45) is 5.59. The molecule has 27 heavy (non-hydrogen) atoms. The molecule has 2 heterocycles. The number of carbonyl (C=O) groups excluding carboxylic acids is 2. The molecule has 3 fully saturated rings. The SMILES string of the molecule is COC(=O)/C=C1/[C@]23C[C@@H](OC)[C@@H](OC)C=C2CCN3C[C@H]2C[C@@]12C(=O)OC. The minimum Gasteiger partial charge on any atom is -0.468 e. The van der Waals surface area contributed by atoms with Gasteiger partial charge in [0.2, 0.25) is 0 Å². The van der Waals surface area contributed by atoms with E-state index in [1.807, 2.05) is 0 Å². The van der Waals surface area contributed by atoms with E-state index in [2.05, 4.69) is 11.0 Å². The molecule has 2 aliphatic heterocycles. The van der Waals surface area contributed by atoms with E-state index >= 15 is 0 Å². The van der Waals surface area contributed by atoms with Crippen molar-refractivity contribution in [3.63, 3.8) is 0 Å². The molecule has 0 amide bonds. The summed E-state index contributed by atoms with van der Waals surface area (Å²) in [6, 6.07) is 0. The summed E-state index contributed by atoms with van der Waals surface area (Å²) in [5, 5.41) is 0. The summed E-state index contributed by atoms with van der Waals surface area (Å²) < 4.78 is 21.5. The Hall–Kier alpha value is -1.70. The fourth-order valence-electron chi connectivity index (χ4n) is 5.67. The van der Waals surface area contributed by atoms with Crippen molar-refractivity contribution in [1.29, 1.82) is 0 Å². The Morgan fingerprint density at radius 1 is 1.15 bits per heavy atom. The molecular weight excluding hydrogens is 350 g/mol. The number of hydrogen-bond donors (Lipinski definition) is 0. The molecule has 0 aromatic heterocycles. The molecule has 0 unspecified atom stereocenters. The van der Waals surface area contributed by atoms with Crippen LogP contribution in [0.5, 0.6) is 0 Å². The number of rotatable bonds is 4. The van der Waals surface area contributed by atoms with Crippen LogP contribution < -0.4 is 0 Å². The van der Waals surface area contributed by atoms with Crippen molar-refractivity contribution in [2.75, 3.05) is 41.5 Å². The summed E-state index contributed by atoms with van der Waals surface area (Å²) in [7, 11) is 6.13. The number of nitrogens with zero attached hydrogens (tertiary/aromatic N) is 1. The van der Waals surface area contributed by atoms with Crippen LogP contribution in [0.4, 0.5) is 0 Å². The smallest absolute Gasteiger partial charge is 0.330 e. The normalized spacial score (nSPS) is 41.3. The average Bonchev–Trinajstić information content (AvgIpc) is 3.32. The van der Waals surface area contributed by atoms with E-state index in [-0.39, 0.29) is 24.1 Å². The molecule has 2 aliphatic carbocycles. The van der Waals surface area contributed by atoms with E-state index in [0.717, 1.165) is 25.1 Å². The minimum absolute atomic E-state index is 0.138. The van der Waals surface area contributed by atoms with Crippen LogP contribution in [0.25, 0.3) is 0 Å². The zero-order chi connectivity index (χ0) is 19.4. The van der Waals surface area contributed by atoms with Crippen molar-refractivity contribution >= 4 is 11.9 Å². The molecular formula is C20H27NO6. The van der Waals surface area contributed by atoms with Crippen molar-refractivity contribution in [2.45, 2.75) is 37.0 Å². The molecule has 1 saturated carbocycles. The van der Waals surface area contributed by atoms with Crippen LogP contribution in [0, 0.1) is 11.3 Å². The van der Waals surface area contributed by atoms with Gasteiger partial charge < -0.3 is 18.9 Å². The number of ether oxygens (including phenoxy) is 4. The van der Waals surface area contributed by atoms with Gasteiger partial charge in [-0.2, -0.15) is 0 Å². The lowest BCUT2D eigenvalue weighted by atomic mass is 9.66. The molecule has 0 bridgehead atoms. The molecule has 148 valence electrons. The lowest BCUT2D eigenvalue weighted by molar-refractivity contribution is -0.148. The van der Waals surface area contributed by atoms with Crippen molar-refractivity contribution in [1.82, 2.24) is 4.90 Å². The highest BCUT2D eigenvalue weighted by atomic mass is 16.5. The lowest BCUT2D eigenvalue weighted by Gasteiger charge is -2.51. The highest BCUT2D eigenvalue weighted by Crippen LogP contribution is 2.69. The second-order valence-electron chi connectivity index (χ2n) is 7.87. The first-order valence-electron chi connectivity index (χ1n) is 9.38. The van der Waals surface area contributed by atoms with E-state index in [4.69, 9.17) is 18.9 Å². The summed E-state index contributed by atoms with van der Waals surface area (Å²) in [5.74, 6) is -0.526. The molecule has 1 spiro atoms. The van der Waals surface area contributed by atoms with Crippen LogP contribution in [0.2, 0.25) is 0 Å². The van der Waals surface area contributed by atoms with Gasteiger partial charge in [0, 0.05) is 39.8 Å². The topological polar surface area (TPSA) is 74.3 Å². The first-order chi connectivity index (χ1) is 13.0. The first kappa shape index (κ1) is 18.7. The van der Waals surface area contributed by atoms with Gasteiger partial charge in [-0.1, -0.05) is 6.08 Å². The van der Waals surface area contributed by atoms with Crippen LogP contribution in [-0.2, 0) is 28.5 Å². The van der Waals surface area contributed by atoms with Gasteiger partial charge in [0.1, 0.15) is 6.10 Å². The van der Waals surface area contributed by atoms with Crippen molar-refractivity contribution < 1.29 is 28.5 Å². The first-order valence-corrected chi connectivity index (χ1v) is 9.38. The molecule has 0 N–H and O–H groups in total. The molecule has 4 rings (SSSR count). The fraction of sp³-hybridized carbons (Fsp3) is 0.700. The van der Waals surface area contributed by atoms with E-state index in [1.165, 1.54) is 25.9 Å². The quantitative estimate of drug-likeness (QED) is 0.412. The van der Waals surface area contributed by atoms with Crippen molar-refractivity contribution in [3.05, 3.63) is 23.3 Å². The third kappa shape index (κ3) is 2.38. The van der Waals surface area contributed by atoms with Crippen LogP contribution in [0.1, 0.15) is 19.3 Å². The molecule has 4 aliphatic rings. The number of hydrogen-bond acceptors (Lipinski definition) is 7. The third-order valence-corrected chi connectivity index (χ3v) is 7.01. The van der Waals surface area contributed by atoms with Gasteiger partial charge in [0.15, 0.2) is 0 Å². The highest BCUT2D eigenvalue weighted by molar-refractivity contribution is 5.91. The predicted molar refractivity (Wildman–Crippen MR) is 95.9 cm³/mol. The second-order valence-corrected chi connectivity index (χ2v) is 7.87. The van der Waals surface area contributed by atoms with Gasteiger partial charge in [-0.15, -0.1) is 0 Å². The van der Waals surface area contributed by atoms with Crippen LogP contribution >= 0.6 is 0 Å². The minimum atomic E-state index is -0.735. The maximum atomic E-state index is 12.8. The fourth-order valence-corrected chi connectivity index (χ4v) is 5.67. The Bertz CT molecular complexity index is 730. The molecule has 2 saturated heterocycles. The number of esters is 2. The standard InChI is InChI=1S/C20H27NO6/c1-24-14-7-12-5-6-21-11-13-9-19(13,18(23)27-4)16(8-17(22)26-3)20(12,21)10-15(14)25-2/h7-8,13-15H,5-6,9-11H2,1-4H3/b16-8+/t13-,14+,15-,19+,20+/m1/s1. The maximum Gasteiger partial charge on any atom is 0.330 e. The molecule has 7 nitrogen and oxygen atoms in total. The van der Waals surface area contributed by atoms with Crippen molar-refractivity contribution in [2.24, 2.45) is 11.3 Å². The Morgan fingerprint density at radius 2 is 1.93 bits per heavy atom. The molecule has 0 radical (unpaired) electrons. The zero-order valence-electron chi connectivity index (χ0n) is 16.3. The van der Waals surface area contributed by atoms with Gasteiger partial charge in [-0.25, -0.2) is 4.79 Å². The monoisotopic (exact) mass is 377 g/mol. The Balaban J connectivity index is 1.89. The summed E-state index contributed by atoms with van der Waals surface area (Å²) >= 11 is 0. The van der Waals surface area contributed by atoms with Gasteiger partial charge in [-0.3, -0.25) is 9.69 Å². The number of methoxy groups -OCH3 is 4. The largest absolute Gasteiger partial charge is 0.468 e. The van der Waals surface area contributed by atoms with Crippen LogP contribution in [0.15, 0.2) is 23.3 Å². The lowest BCUT2D eigenvalue weighted by Crippen LogP contribution is -2.59. The van der Waals surface area contributed by atoms with Crippen LogP contribution in [-0.4, -0.2) is 76.1 Å². The van der Waals surface area contributed by atoms with E-state index in [1.54, 1.807) is 14.2 Å². The van der Waals surface area contributed by atoms with Gasteiger partial charge in [0.05, 0.1) is 31.3 Å². The molecule has 0 aromatic rings. The second kappa shape index (κ2) is 6.43. The zero-order valence-corrected chi connectivity index (χ0v) is 16.3. The van der Waals surface area contributed by atoms with Crippen LogP contribution in [0.3, 0.4) is 0 Å². The third-order valence-electron chi connectivity index (χ3n) is 7.01. The Morgan fingerprint density at radius 3 is 2.56 bits per heavy atom. The summed E-state index contributed by atoms with van der Waals surface area (Å²) in [5.41, 5.74) is 0.767. The van der Waals surface area contributed by atoms with Gasteiger partial charge >= 0.3 is 11.9 Å². The summed E-state index contributed by atoms with van der Waals surface area (Å²) in [6.45, 7) is 1.71. The van der Waals surface area contributed by atoms with E-state index in [0.29, 0.717) is 12.8 Å². The van der Waals surface area contributed by atoms with E-state index in [9.17, 15) is 9.59 Å². The average molecular weight is 377 g/mol. The van der Waals surface area contributed by atoms with Crippen molar-refractivity contribution in [3.8, 4) is 0 Å². The Kier molecular flexibility index (Phi) is 4.44. The number of fused-ring (bicyclic) bond motifs is 1. The number of carbonyl (C=O) groups is 2. The molecule has 5 atom stereocenters. The highest BCUT2D eigenvalue weighted by Gasteiger charge is 2.73. The van der Waals surface area contributed by atoms with Gasteiger partial charge in [-0.05, 0) is 29.9 Å². The van der Waals surface area contributed by atoms with Gasteiger partial charge in [0.25, 0.3) is 0 Å². The molecule has 0 aromatic carbocycles. The summed E-state index contributed by atoms with van der Waals surface area (Å²) in [4.78, 5) is 27.5. The molecule has 7 heteroatoms. The van der Waals surface area contributed by atoms with E-state index < -0.39 is 16.9 Å². The Labute approximate surface area is 159 Å².